The number of Topliss-reactive ketones (excluding diaryl/α,β-unsaturated/α-hetero) is 1. The molecule has 1 fully saturated rings. The summed E-state index contributed by atoms with van der Waals surface area (Å²) >= 11 is 0. The second-order valence-electron chi connectivity index (χ2n) is 4.88. The van der Waals surface area contributed by atoms with Gasteiger partial charge in [0, 0.05) is 24.3 Å². The highest BCUT2D eigenvalue weighted by Gasteiger charge is 2.23. The number of hydrogen-bond acceptors (Lipinski definition) is 5. The second-order valence-corrected chi connectivity index (χ2v) is 4.88. The summed E-state index contributed by atoms with van der Waals surface area (Å²) in [5, 5.41) is 0. The van der Waals surface area contributed by atoms with Crippen molar-refractivity contribution in [3.63, 3.8) is 0 Å². The van der Waals surface area contributed by atoms with Gasteiger partial charge in [0.2, 0.25) is 5.91 Å². The minimum absolute atomic E-state index is 0.0215. The van der Waals surface area contributed by atoms with Crippen LogP contribution in [0.4, 0.5) is 5.69 Å². The third kappa shape index (κ3) is 3.46. The first-order chi connectivity index (χ1) is 10.0. The molecule has 0 N–H and O–H groups in total. The van der Waals surface area contributed by atoms with Crippen LogP contribution in [-0.2, 0) is 14.3 Å². The zero-order valence-corrected chi connectivity index (χ0v) is 12.2. The van der Waals surface area contributed by atoms with E-state index in [2.05, 4.69) is 4.74 Å². The van der Waals surface area contributed by atoms with Crippen molar-refractivity contribution in [3.05, 3.63) is 29.8 Å². The first kappa shape index (κ1) is 15.2. The van der Waals surface area contributed by atoms with Gasteiger partial charge in [-0.15, -0.1) is 0 Å². The highest BCUT2D eigenvalue weighted by atomic mass is 16.5. The van der Waals surface area contributed by atoms with Crippen molar-refractivity contribution in [2.45, 2.75) is 6.92 Å². The van der Waals surface area contributed by atoms with Crippen LogP contribution in [0.3, 0.4) is 0 Å². The van der Waals surface area contributed by atoms with Crippen LogP contribution in [-0.4, -0.2) is 55.8 Å². The van der Waals surface area contributed by atoms with Gasteiger partial charge in [0.05, 0.1) is 13.2 Å². The topological polar surface area (TPSA) is 66.9 Å². The van der Waals surface area contributed by atoms with E-state index in [0.717, 1.165) is 12.2 Å². The Morgan fingerprint density at radius 1 is 1.19 bits per heavy atom. The Morgan fingerprint density at radius 3 is 2.43 bits per heavy atom. The summed E-state index contributed by atoms with van der Waals surface area (Å²) in [5.74, 6) is -1.51. The highest BCUT2D eigenvalue weighted by Crippen LogP contribution is 2.18. The molecule has 0 spiro atoms. The number of nitrogens with zero attached hydrogens (tertiary/aromatic N) is 2. The molecule has 0 aliphatic carbocycles. The molecule has 21 heavy (non-hydrogen) atoms. The lowest BCUT2D eigenvalue weighted by Crippen LogP contribution is -2.48. The van der Waals surface area contributed by atoms with Crippen LogP contribution < -0.4 is 4.90 Å². The normalized spacial score (nSPS) is 15.9. The van der Waals surface area contributed by atoms with Gasteiger partial charge in [-0.25, -0.2) is 4.79 Å². The lowest BCUT2D eigenvalue weighted by Gasteiger charge is -2.32. The van der Waals surface area contributed by atoms with E-state index in [4.69, 9.17) is 0 Å². The second kappa shape index (κ2) is 6.49. The molecule has 112 valence electrons. The van der Waals surface area contributed by atoms with Gasteiger partial charge in [-0.2, -0.15) is 0 Å². The fourth-order valence-corrected chi connectivity index (χ4v) is 2.17. The molecule has 6 heteroatoms. The molecule has 0 saturated carbocycles. The molecule has 1 aliphatic rings. The molecule has 0 atom stereocenters. The summed E-state index contributed by atoms with van der Waals surface area (Å²) in [6.45, 7) is 3.60. The van der Waals surface area contributed by atoms with E-state index >= 15 is 0 Å². The number of anilines is 1. The van der Waals surface area contributed by atoms with Crippen LogP contribution in [0, 0.1) is 0 Å². The quantitative estimate of drug-likeness (QED) is 0.464. The Morgan fingerprint density at radius 2 is 1.86 bits per heavy atom. The maximum Gasteiger partial charge on any atom is 0.379 e. The molecule has 1 aliphatic heterocycles. The Labute approximate surface area is 123 Å². The van der Waals surface area contributed by atoms with Gasteiger partial charge in [-0.3, -0.25) is 14.5 Å². The third-order valence-electron chi connectivity index (χ3n) is 3.31. The van der Waals surface area contributed by atoms with Crippen LogP contribution in [0.15, 0.2) is 24.3 Å². The van der Waals surface area contributed by atoms with Crippen LogP contribution in [0.5, 0.6) is 0 Å². The summed E-state index contributed by atoms with van der Waals surface area (Å²) in [7, 11) is 1.90. The molecule has 1 aromatic rings. The van der Waals surface area contributed by atoms with Gasteiger partial charge in [0.1, 0.15) is 0 Å². The van der Waals surface area contributed by atoms with Crippen molar-refractivity contribution in [1.82, 2.24) is 4.90 Å². The number of ether oxygens (including phenoxy) is 1. The lowest BCUT2D eigenvalue weighted by atomic mass is 10.1. The van der Waals surface area contributed by atoms with Crippen LogP contribution in [0.2, 0.25) is 0 Å². The number of rotatable bonds is 4. The van der Waals surface area contributed by atoms with E-state index < -0.39 is 11.8 Å². The number of carbonyl (C=O) groups excluding carboxylic acids is 3. The average Bonchev–Trinajstić information content (AvgIpc) is 2.47. The van der Waals surface area contributed by atoms with Crippen molar-refractivity contribution in [2.75, 3.05) is 38.2 Å². The lowest BCUT2D eigenvalue weighted by molar-refractivity contribution is -0.137. The first-order valence-electron chi connectivity index (χ1n) is 6.83. The molecule has 6 nitrogen and oxygen atoms in total. The van der Waals surface area contributed by atoms with Crippen molar-refractivity contribution in [1.29, 1.82) is 0 Å². The third-order valence-corrected chi connectivity index (χ3v) is 3.31. The average molecular weight is 290 g/mol. The van der Waals surface area contributed by atoms with E-state index in [9.17, 15) is 14.4 Å². The van der Waals surface area contributed by atoms with Crippen LogP contribution >= 0.6 is 0 Å². The van der Waals surface area contributed by atoms with Gasteiger partial charge >= 0.3 is 5.97 Å². The van der Waals surface area contributed by atoms with Gasteiger partial charge in [0.25, 0.3) is 5.78 Å². The molecule has 0 unspecified atom stereocenters. The SMILES string of the molecule is CCOC(=O)C(=O)c1ccc(N2CCN(C)CC2=O)cc1. The number of likely N-dealkylation sites (N-methyl/N-ethyl adjacent to an activating group) is 1. The van der Waals surface area contributed by atoms with Gasteiger partial charge in [-0.05, 0) is 38.2 Å². The van der Waals surface area contributed by atoms with Crippen LogP contribution in [0.25, 0.3) is 0 Å². The number of hydrogen-bond donors (Lipinski definition) is 0. The number of ketones is 1. The summed E-state index contributed by atoms with van der Waals surface area (Å²) in [6, 6.07) is 6.44. The largest absolute Gasteiger partial charge is 0.460 e. The van der Waals surface area contributed by atoms with Crippen molar-refractivity contribution in [3.8, 4) is 0 Å². The van der Waals surface area contributed by atoms with E-state index in [1.807, 2.05) is 11.9 Å². The smallest absolute Gasteiger partial charge is 0.379 e. The molecule has 0 aromatic heterocycles. The fourth-order valence-electron chi connectivity index (χ4n) is 2.17. The maximum atomic E-state index is 12.0. The van der Waals surface area contributed by atoms with Gasteiger partial charge in [-0.1, -0.05) is 0 Å². The molecular formula is C15H18N2O4. The first-order valence-corrected chi connectivity index (χ1v) is 6.83. The maximum absolute atomic E-state index is 12.0. The molecule has 2 rings (SSSR count). The molecule has 0 radical (unpaired) electrons. The molecule has 1 aromatic carbocycles. The molecule has 1 heterocycles. The van der Waals surface area contributed by atoms with E-state index in [0.29, 0.717) is 13.1 Å². The van der Waals surface area contributed by atoms with Crippen molar-refractivity contribution in [2.24, 2.45) is 0 Å². The van der Waals surface area contributed by atoms with E-state index in [1.54, 1.807) is 36.1 Å². The summed E-state index contributed by atoms with van der Waals surface area (Å²) in [4.78, 5) is 38.7. The van der Waals surface area contributed by atoms with Crippen molar-refractivity contribution >= 4 is 23.3 Å². The molecule has 1 saturated heterocycles. The number of esters is 1. The number of benzene rings is 1. The number of piperazine rings is 1. The zero-order valence-electron chi connectivity index (χ0n) is 12.2. The summed E-state index contributed by atoms with van der Waals surface area (Å²) in [5.41, 5.74) is 0.993. The summed E-state index contributed by atoms with van der Waals surface area (Å²) < 4.78 is 4.67. The van der Waals surface area contributed by atoms with E-state index in [1.165, 1.54) is 0 Å². The van der Waals surface area contributed by atoms with E-state index in [-0.39, 0.29) is 18.1 Å². The summed E-state index contributed by atoms with van der Waals surface area (Å²) in [6.07, 6.45) is 0. The standard InChI is InChI=1S/C15H18N2O4/c1-3-21-15(20)14(19)11-4-6-12(7-5-11)17-9-8-16(2)10-13(17)18/h4-7H,3,8-10H2,1-2H3. The van der Waals surface area contributed by atoms with Gasteiger partial charge in [0.15, 0.2) is 0 Å². The monoisotopic (exact) mass is 290 g/mol. The Kier molecular flexibility index (Phi) is 4.70. The Hall–Kier alpha value is -2.21. The minimum atomic E-state index is -0.860. The van der Waals surface area contributed by atoms with Gasteiger partial charge < -0.3 is 9.64 Å². The molecule has 0 bridgehead atoms. The predicted octanol–water partition coefficient (Wildman–Crippen LogP) is 0.711. The molecule has 1 amide bonds. The van der Waals surface area contributed by atoms with Crippen molar-refractivity contribution < 1.29 is 19.1 Å². The Bertz CT molecular complexity index is 553. The highest BCUT2D eigenvalue weighted by molar-refractivity contribution is 6.40. The molecular weight excluding hydrogens is 272 g/mol. The van der Waals surface area contributed by atoms with Crippen LogP contribution in [0.1, 0.15) is 17.3 Å². The number of carbonyl (C=O) groups is 3. The number of amides is 1. The zero-order chi connectivity index (χ0) is 15.4. The fraction of sp³-hybridized carbons (Fsp3) is 0.400. The minimum Gasteiger partial charge on any atom is -0.460 e. The Balaban J connectivity index is 2.10. The predicted molar refractivity (Wildman–Crippen MR) is 77.3 cm³/mol.